The predicted octanol–water partition coefficient (Wildman–Crippen LogP) is 3.65. The number of urea groups is 1. The SMILES string of the molecule is COc1ccc(N2CCN(C(=O)Nc3ccc(N4CCCC4)cc3)CC2)cc1. The van der Waals surface area contributed by atoms with Gasteiger partial charge in [0.15, 0.2) is 0 Å². The van der Waals surface area contributed by atoms with E-state index < -0.39 is 0 Å². The fourth-order valence-electron chi connectivity index (χ4n) is 3.89. The molecule has 2 aromatic rings. The standard InChI is InChI=1S/C22H28N4O2/c1-28-21-10-8-20(9-11-21)25-14-16-26(17-15-25)22(27)23-18-4-6-19(7-5-18)24-12-2-3-13-24/h4-11H,2-3,12-17H2,1H3,(H,23,27). The van der Waals surface area contributed by atoms with E-state index in [1.165, 1.54) is 24.2 Å². The van der Waals surface area contributed by atoms with Crippen LogP contribution in [0.25, 0.3) is 0 Å². The maximum Gasteiger partial charge on any atom is 0.321 e. The first-order valence-electron chi connectivity index (χ1n) is 10.0. The number of amides is 2. The number of nitrogens with zero attached hydrogens (tertiary/aromatic N) is 3. The van der Waals surface area contributed by atoms with Crippen molar-refractivity contribution < 1.29 is 9.53 Å². The molecule has 6 nitrogen and oxygen atoms in total. The van der Waals surface area contributed by atoms with Crippen LogP contribution in [0.3, 0.4) is 0 Å². The van der Waals surface area contributed by atoms with Gasteiger partial charge in [-0.05, 0) is 61.4 Å². The first kappa shape index (κ1) is 18.5. The van der Waals surface area contributed by atoms with Gasteiger partial charge in [0.25, 0.3) is 0 Å². The third-order valence-corrected chi connectivity index (χ3v) is 5.59. The van der Waals surface area contributed by atoms with Gasteiger partial charge in [-0.15, -0.1) is 0 Å². The molecule has 0 unspecified atom stereocenters. The van der Waals surface area contributed by atoms with Gasteiger partial charge in [0.1, 0.15) is 5.75 Å². The van der Waals surface area contributed by atoms with Crippen molar-refractivity contribution in [3.05, 3.63) is 48.5 Å². The number of nitrogens with one attached hydrogen (secondary N) is 1. The summed E-state index contributed by atoms with van der Waals surface area (Å²) in [6.07, 6.45) is 2.53. The molecule has 28 heavy (non-hydrogen) atoms. The molecule has 0 atom stereocenters. The van der Waals surface area contributed by atoms with Crippen LogP contribution in [0.15, 0.2) is 48.5 Å². The topological polar surface area (TPSA) is 48.1 Å². The van der Waals surface area contributed by atoms with E-state index in [1.807, 2.05) is 29.2 Å². The number of hydrogen-bond donors (Lipinski definition) is 1. The number of carbonyl (C=O) groups excluding carboxylic acids is 1. The van der Waals surface area contributed by atoms with Crippen molar-refractivity contribution in [3.63, 3.8) is 0 Å². The lowest BCUT2D eigenvalue weighted by Crippen LogP contribution is -2.50. The lowest BCUT2D eigenvalue weighted by molar-refractivity contribution is 0.208. The second-order valence-corrected chi connectivity index (χ2v) is 7.34. The Bertz CT molecular complexity index is 777. The fraction of sp³-hybridized carbons (Fsp3) is 0.409. The van der Waals surface area contributed by atoms with Crippen molar-refractivity contribution in [2.24, 2.45) is 0 Å². The molecular formula is C22H28N4O2. The number of piperazine rings is 1. The second kappa shape index (κ2) is 8.42. The Morgan fingerprint density at radius 2 is 1.32 bits per heavy atom. The van der Waals surface area contributed by atoms with Gasteiger partial charge in [-0.3, -0.25) is 0 Å². The van der Waals surface area contributed by atoms with Crippen molar-refractivity contribution in [2.75, 3.05) is 61.5 Å². The average Bonchev–Trinajstić information content (AvgIpc) is 3.29. The summed E-state index contributed by atoms with van der Waals surface area (Å²) in [6.45, 7) is 5.34. The molecule has 4 rings (SSSR count). The smallest absolute Gasteiger partial charge is 0.321 e. The molecule has 0 bridgehead atoms. The van der Waals surface area contributed by atoms with Crippen LogP contribution in [-0.2, 0) is 0 Å². The highest BCUT2D eigenvalue weighted by atomic mass is 16.5. The summed E-state index contributed by atoms with van der Waals surface area (Å²) < 4.78 is 5.22. The minimum absolute atomic E-state index is 0.0247. The van der Waals surface area contributed by atoms with E-state index in [4.69, 9.17) is 4.74 Å². The second-order valence-electron chi connectivity index (χ2n) is 7.34. The number of rotatable bonds is 4. The van der Waals surface area contributed by atoms with Crippen LogP contribution < -0.4 is 19.9 Å². The van der Waals surface area contributed by atoms with E-state index in [9.17, 15) is 4.79 Å². The first-order valence-corrected chi connectivity index (χ1v) is 10.0. The molecule has 0 aliphatic carbocycles. The molecule has 2 fully saturated rings. The third-order valence-electron chi connectivity index (χ3n) is 5.59. The summed E-state index contributed by atoms with van der Waals surface area (Å²) in [5.41, 5.74) is 3.26. The van der Waals surface area contributed by atoms with Gasteiger partial charge in [0.2, 0.25) is 0 Å². The van der Waals surface area contributed by atoms with Crippen LogP contribution in [0.2, 0.25) is 0 Å². The molecule has 2 heterocycles. The number of ether oxygens (including phenoxy) is 1. The number of carbonyl (C=O) groups is 1. The van der Waals surface area contributed by atoms with Crippen LogP contribution >= 0.6 is 0 Å². The molecule has 2 aliphatic heterocycles. The summed E-state index contributed by atoms with van der Waals surface area (Å²) in [7, 11) is 1.67. The van der Waals surface area contributed by atoms with Crippen LogP contribution in [0.4, 0.5) is 21.9 Å². The van der Waals surface area contributed by atoms with Crippen molar-refractivity contribution in [2.45, 2.75) is 12.8 Å². The largest absolute Gasteiger partial charge is 0.497 e. The Morgan fingerprint density at radius 3 is 1.89 bits per heavy atom. The Kier molecular flexibility index (Phi) is 5.55. The highest BCUT2D eigenvalue weighted by Gasteiger charge is 2.21. The van der Waals surface area contributed by atoms with Crippen LogP contribution in [0.1, 0.15) is 12.8 Å². The Labute approximate surface area is 166 Å². The van der Waals surface area contributed by atoms with Crippen LogP contribution in [0.5, 0.6) is 5.75 Å². The van der Waals surface area contributed by atoms with E-state index >= 15 is 0 Å². The molecule has 2 aliphatic rings. The quantitative estimate of drug-likeness (QED) is 0.880. The molecule has 2 saturated heterocycles. The molecule has 0 aromatic heterocycles. The van der Waals surface area contributed by atoms with Crippen LogP contribution in [-0.4, -0.2) is 57.3 Å². The monoisotopic (exact) mass is 380 g/mol. The molecule has 2 aromatic carbocycles. The van der Waals surface area contributed by atoms with E-state index in [0.717, 1.165) is 37.6 Å². The van der Waals surface area contributed by atoms with Crippen molar-refractivity contribution in [1.29, 1.82) is 0 Å². The van der Waals surface area contributed by atoms with Gasteiger partial charge >= 0.3 is 6.03 Å². The van der Waals surface area contributed by atoms with Gasteiger partial charge in [0, 0.05) is 56.3 Å². The summed E-state index contributed by atoms with van der Waals surface area (Å²) in [4.78, 5) is 19.2. The van der Waals surface area contributed by atoms with Gasteiger partial charge in [0.05, 0.1) is 7.11 Å². The number of benzene rings is 2. The highest BCUT2D eigenvalue weighted by Crippen LogP contribution is 2.23. The third kappa shape index (κ3) is 4.16. The molecule has 0 spiro atoms. The van der Waals surface area contributed by atoms with Gasteiger partial charge < -0.3 is 24.8 Å². The Morgan fingerprint density at radius 1 is 0.786 bits per heavy atom. The van der Waals surface area contributed by atoms with Gasteiger partial charge in [-0.25, -0.2) is 4.79 Å². The minimum Gasteiger partial charge on any atom is -0.497 e. The van der Waals surface area contributed by atoms with Crippen molar-refractivity contribution >= 4 is 23.1 Å². The minimum atomic E-state index is -0.0247. The molecule has 0 radical (unpaired) electrons. The summed E-state index contributed by atoms with van der Waals surface area (Å²) in [5, 5.41) is 3.03. The zero-order valence-corrected chi connectivity index (χ0v) is 16.4. The summed E-state index contributed by atoms with van der Waals surface area (Å²) in [6, 6.07) is 16.2. The first-order chi connectivity index (χ1) is 13.7. The van der Waals surface area contributed by atoms with Gasteiger partial charge in [-0.1, -0.05) is 0 Å². The summed E-state index contributed by atoms with van der Waals surface area (Å²) >= 11 is 0. The summed E-state index contributed by atoms with van der Waals surface area (Å²) in [5.74, 6) is 0.859. The lowest BCUT2D eigenvalue weighted by atomic mass is 10.2. The molecule has 6 heteroatoms. The van der Waals surface area contributed by atoms with E-state index in [-0.39, 0.29) is 6.03 Å². The van der Waals surface area contributed by atoms with Crippen molar-refractivity contribution in [1.82, 2.24) is 4.90 Å². The molecular weight excluding hydrogens is 352 g/mol. The predicted molar refractivity (Wildman–Crippen MR) is 114 cm³/mol. The molecule has 1 N–H and O–H groups in total. The number of methoxy groups -OCH3 is 1. The average molecular weight is 380 g/mol. The number of anilines is 3. The maximum atomic E-state index is 12.6. The van der Waals surface area contributed by atoms with E-state index in [1.54, 1.807) is 7.11 Å². The van der Waals surface area contributed by atoms with E-state index in [0.29, 0.717) is 13.1 Å². The molecule has 0 saturated carbocycles. The normalized spacial score (nSPS) is 17.0. The van der Waals surface area contributed by atoms with E-state index in [2.05, 4.69) is 39.4 Å². The maximum absolute atomic E-state index is 12.6. The molecule has 148 valence electrons. The van der Waals surface area contributed by atoms with Crippen LogP contribution in [0, 0.1) is 0 Å². The fourth-order valence-corrected chi connectivity index (χ4v) is 3.89. The zero-order chi connectivity index (χ0) is 19.3. The highest BCUT2D eigenvalue weighted by molar-refractivity contribution is 5.89. The van der Waals surface area contributed by atoms with Crippen molar-refractivity contribution in [3.8, 4) is 5.75 Å². The Balaban J connectivity index is 1.28. The number of hydrogen-bond acceptors (Lipinski definition) is 4. The lowest BCUT2D eigenvalue weighted by Gasteiger charge is -2.36. The van der Waals surface area contributed by atoms with Gasteiger partial charge in [-0.2, -0.15) is 0 Å². The zero-order valence-electron chi connectivity index (χ0n) is 16.4. The molecule has 2 amide bonds. The Hall–Kier alpha value is -2.89.